The molecule has 1 atom stereocenters. The highest BCUT2D eigenvalue weighted by molar-refractivity contribution is 5.19. The number of aliphatic hydroxyl groups excluding tert-OH is 1. The first-order valence-electron chi connectivity index (χ1n) is 5.97. The predicted octanol–water partition coefficient (Wildman–Crippen LogP) is 3.22. The Morgan fingerprint density at radius 2 is 2.19 bits per heavy atom. The van der Waals surface area contributed by atoms with Crippen LogP contribution < -0.4 is 0 Å². The molecule has 1 heterocycles. The van der Waals surface area contributed by atoms with Gasteiger partial charge in [-0.2, -0.15) is 0 Å². The molecule has 0 saturated heterocycles. The number of aromatic nitrogens is 1. The highest BCUT2D eigenvalue weighted by Gasteiger charge is 2.40. The maximum atomic E-state index is 13.6. The number of aliphatic hydroxyl groups is 1. The zero-order valence-corrected chi connectivity index (χ0v) is 9.62. The van der Waals surface area contributed by atoms with Gasteiger partial charge in [0, 0.05) is 17.2 Å². The summed E-state index contributed by atoms with van der Waals surface area (Å²) < 4.78 is 13.6. The lowest BCUT2D eigenvalue weighted by molar-refractivity contribution is 0.0210. The molecule has 1 aliphatic rings. The topological polar surface area (TPSA) is 33.1 Å². The van der Waals surface area contributed by atoms with Crippen molar-refractivity contribution in [2.75, 3.05) is 0 Å². The Balaban J connectivity index is 2.30. The first-order valence-corrected chi connectivity index (χ1v) is 5.97. The van der Waals surface area contributed by atoms with Gasteiger partial charge in [-0.1, -0.05) is 19.8 Å². The van der Waals surface area contributed by atoms with E-state index in [9.17, 15) is 9.50 Å². The van der Waals surface area contributed by atoms with E-state index in [2.05, 4.69) is 11.9 Å². The molecule has 88 valence electrons. The van der Waals surface area contributed by atoms with Gasteiger partial charge in [0.1, 0.15) is 5.82 Å². The van der Waals surface area contributed by atoms with E-state index in [4.69, 9.17) is 0 Å². The molecule has 1 unspecified atom stereocenters. The molecule has 0 spiro atoms. The van der Waals surface area contributed by atoms with Gasteiger partial charge in [-0.15, -0.1) is 0 Å². The molecular weight excluding hydrogens is 205 g/mol. The predicted molar refractivity (Wildman–Crippen MR) is 60.3 cm³/mol. The van der Waals surface area contributed by atoms with Crippen LogP contribution in [0.1, 0.15) is 50.7 Å². The van der Waals surface area contributed by atoms with Crippen LogP contribution in [0.4, 0.5) is 4.39 Å². The third kappa shape index (κ3) is 1.84. The van der Waals surface area contributed by atoms with Gasteiger partial charge in [0.05, 0.1) is 12.3 Å². The number of pyridine rings is 1. The molecule has 1 saturated carbocycles. The summed E-state index contributed by atoms with van der Waals surface area (Å²) in [4.78, 5) is 3.72. The summed E-state index contributed by atoms with van der Waals surface area (Å²) in [5.74, 6) is -0.394. The zero-order chi connectivity index (χ0) is 11.6. The smallest absolute Gasteiger partial charge is 0.147 e. The summed E-state index contributed by atoms with van der Waals surface area (Å²) in [5, 5.41) is 10.4. The van der Waals surface area contributed by atoms with Crippen LogP contribution in [-0.4, -0.2) is 10.1 Å². The second kappa shape index (κ2) is 4.50. The molecule has 1 aromatic heterocycles. The fraction of sp³-hybridized carbons (Fsp3) is 0.615. The van der Waals surface area contributed by atoms with Crippen molar-refractivity contribution in [2.45, 2.75) is 45.1 Å². The highest BCUT2D eigenvalue weighted by Crippen LogP contribution is 2.50. The SMILES string of the molecule is CCC1(C(O)c2ccncc2F)CCCC1. The summed E-state index contributed by atoms with van der Waals surface area (Å²) >= 11 is 0. The van der Waals surface area contributed by atoms with Crippen LogP contribution >= 0.6 is 0 Å². The van der Waals surface area contributed by atoms with Crippen LogP contribution in [0.25, 0.3) is 0 Å². The van der Waals surface area contributed by atoms with Crippen LogP contribution in [0.2, 0.25) is 0 Å². The standard InChI is InChI=1S/C13H18FNO/c1-2-13(6-3-4-7-13)12(16)10-5-8-15-9-11(10)14/h5,8-9,12,16H,2-4,6-7H2,1H3. The minimum Gasteiger partial charge on any atom is -0.388 e. The molecule has 0 radical (unpaired) electrons. The molecule has 2 nitrogen and oxygen atoms in total. The lowest BCUT2D eigenvalue weighted by Crippen LogP contribution is -2.25. The van der Waals surface area contributed by atoms with Gasteiger partial charge in [-0.25, -0.2) is 4.39 Å². The quantitative estimate of drug-likeness (QED) is 0.853. The van der Waals surface area contributed by atoms with E-state index in [0.29, 0.717) is 5.56 Å². The molecule has 0 aliphatic heterocycles. The number of rotatable bonds is 3. The molecule has 1 aromatic rings. The van der Waals surface area contributed by atoms with Crippen molar-refractivity contribution >= 4 is 0 Å². The van der Waals surface area contributed by atoms with Gasteiger partial charge in [0.15, 0.2) is 0 Å². The largest absolute Gasteiger partial charge is 0.388 e. The maximum Gasteiger partial charge on any atom is 0.147 e. The summed E-state index contributed by atoms with van der Waals surface area (Å²) in [7, 11) is 0. The van der Waals surface area contributed by atoms with E-state index in [1.807, 2.05) is 0 Å². The van der Waals surface area contributed by atoms with Gasteiger partial charge < -0.3 is 5.11 Å². The van der Waals surface area contributed by atoms with Gasteiger partial charge in [0.2, 0.25) is 0 Å². The molecule has 3 heteroatoms. The van der Waals surface area contributed by atoms with Crippen LogP contribution in [-0.2, 0) is 0 Å². The summed E-state index contributed by atoms with van der Waals surface area (Å²) in [6.07, 6.45) is 7.18. The Hall–Kier alpha value is -0.960. The maximum absolute atomic E-state index is 13.6. The van der Waals surface area contributed by atoms with Gasteiger partial charge in [-0.05, 0) is 25.3 Å². The Labute approximate surface area is 95.5 Å². The Bertz CT molecular complexity index is 361. The van der Waals surface area contributed by atoms with Crippen molar-refractivity contribution in [3.05, 3.63) is 29.8 Å². The van der Waals surface area contributed by atoms with Gasteiger partial charge in [0.25, 0.3) is 0 Å². The average molecular weight is 223 g/mol. The molecule has 0 bridgehead atoms. The summed E-state index contributed by atoms with van der Waals surface area (Å²) in [5.41, 5.74) is 0.279. The van der Waals surface area contributed by atoms with Crippen LogP contribution in [0.15, 0.2) is 18.5 Å². The highest BCUT2D eigenvalue weighted by atomic mass is 19.1. The van der Waals surface area contributed by atoms with E-state index < -0.39 is 11.9 Å². The van der Waals surface area contributed by atoms with Crippen molar-refractivity contribution in [2.24, 2.45) is 5.41 Å². The molecule has 1 aliphatic carbocycles. The van der Waals surface area contributed by atoms with E-state index in [1.165, 1.54) is 6.20 Å². The molecule has 16 heavy (non-hydrogen) atoms. The number of nitrogens with zero attached hydrogens (tertiary/aromatic N) is 1. The Morgan fingerprint density at radius 1 is 1.50 bits per heavy atom. The summed E-state index contributed by atoms with van der Waals surface area (Å²) in [6.45, 7) is 2.08. The van der Waals surface area contributed by atoms with Crippen molar-refractivity contribution in [3.8, 4) is 0 Å². The molecule has 1 N–H and O–H groups in total. The molecular formula is C13H18FNO. The monoisotopic (exact) mass is 223 g/mol. The minimum absolute atomic E-state index is 0.123. The first-order chi connectivity index (χ1) is 7.69. The second-order valence-electron chi connectivity index (χ2n) is 4.72. The lowest BCUT2D eigenvalue weighted by atomic mass is 9.75. The second-order valence-corrected chi connectivity index (χ2v) is 4.72. The van der Waals surface area contributed by atoms with E-state index >= 15 is 0 Å². The molecule has 1 fully saturated rings. The van der Waals surface area contributed by atoms with Crippen LogP contribution in [0.3, 0.4) is 0 Å². The van der Waals surface area contributed by atoms with Crippen molar-refractivity contribution in [1.29, 1.82) is 0 Å². The van der Waals surface area contributed by atoms with Crippen LogP contribution in [0, 0.1) is 11.2 Å². The summed E-state index contributed by atoms with van der Waals surface area (Å²) in [6, 6.07) is 1.59. The van der Waals surface area contributed by atoms with Gasteiger partial charge in [-0.3, -0.25) is 4.98 Å². The van der Waals surface area contributed by atoms with E-state index in [1.54, 1.807) is 12.3 Å². The molecule has 0 aromatic carbocycles. The van der Waals surface area contributed by atoms with E-state index in [0.717, 1.165) is 32.1 Å². The average Bonchev–Trinajstić information content (AvgIpc) is 2.78. The fourth-order valence-electron chi connectivity index (χ4n) is 2.84. The first kappa shape index (κ1) is 11.5. The van der Waals surface area contributed by atoms with Crippen molar-refractivity contribution in [1.82, 2.24) is 4.98 Å². The minimum atomic E-state index is -0.692. The number of hydrogen-bond acceptors (Lipinski definition) is 2. The lowest BCUT2D eigenvalue weighted by Gasteiger charge is -2.33. The Morgan fingerprint density at radius 3 is 2.75 bits per heavy atom. The zero-order valence-electron chi connectivity index (χ0n) is 9.62. The fourth-order valence-corrected chi connectivity index (χ4v) is 2.84. The molecule has 2 rings (SSSR count). The third-order valence-electron chi connectivity index (χ3n) is 3.98. The van der Waals surface area contributed by atoms with Crippen LogP contribution in [0.5, 0.6) is 0 Å². The van der Waals surface area contributed by atoms with E-state index in [-0.39, 0.29) is 5.41 Å². The third-order valence-corrected chi connectivity index (χ3v) is 3.98. The normalized spacial score (nSPS) is 20.9. The Kier molecular flexibility index (Phi) is 3.24. The molecule has 0 amide bonds. The van der Waals surface area contributed by atoms with Crippen molar-refractivity contribution < 1.29 is 9.50 Å². The number of halogens is 1. The van der Waals surface area contributed by atoms with Crippen molar-refractivity contribution in [3.63, 3.8) is 0 Å². The van der Waals surface area contributed by atoms with Gasteiger partial charge >= 0.3 is 0 Å². The number of hydrogen-bond donors (Lipinski definition) is 1.